The zero-order valence-corrected chi connectivity index (χ0v) is 31.3. The Morgan fingerprint density at radius 3 is 2.44 bits per heavy atom. The molecule has 1 amide bonds. The van der Waals surface area contributed by atoms with Crippen molar-refractivity contribution in [3.8, 4) is 5.69 Å². The van der Waals surface area contributed by atoms with E-state index in [0.717, 1.165) is 69.6 Å². The van der Waals surface area contributed by atoms with E-state index in [9.17, 15) is 9.90 Å². The number of likely N-dealkylation sites (tertiary alicyclic amines) is 1. The van der Waals surface area contributed by atoms with Crippen LogP contribution in [0, 0.1) is 5.82 Å². The van der Waals surface area contributed by atoms with Gasteiger partial charge in [0.25, 0.3) is 0 Å². The van der Waals surface area contributed by atoms with E-state index in [1.165, 1.54) is 10.7 Å². The molecule has 3 aliphatic rings. The highest BCUT2D eigenvalue weighted by atomic mass is 19.1. The summed E-state index contributed by atoms with van der Waals surface area (Å²) in [7, 11) is 0. The van der Waals surface area contributed by atoms with Gasteiger partial charge in [0, 0.05) is 55.7 Å². The first-order chi connectivity index (χ1) is 26.1. The van der Waals surface area contributed by atoms with Gasteiger partial charge in [-0.1, -0.05) is 0 Å². The highest BCUT2D eigenvalue weighted by Crippen LogP contribution is 2.26. The Kier molecular flexibility index (Phi) is 13.8. The van der Waals surface area contributed by atoms with Gasteiger partial charge in [0.2, 0.25) is 0 Å². The van der Waals surface area contributed by atoms with Crippen molar-refractivity contribution in [1.29, 1.82) is 0 Å². The van der Waals surface area contributed by atoms with Crippen molar-refractivity contribution < 1.29 is 38.0 Å². The quantitative estimate of drug-likeness (QED) is 0.180. The Labute approximate surface area is 315 Å². The number of carbonyl (C=O) groups is 1. The molecule has 0 radical (unpaired) electrons. The van der Waals surface area contributed by atoms with E-state index >= 15 is 4.39 Å². The molecule has 15 heteroatoms. The SMILES string of the molecule is C1COCCO1.CC(C)(C)OC(=O)N1CCC(NC(COC2CCCCO2)c2ccc3cnc(Nc4ccc(-n5ccc(CO)n5)cc4F)cc3n2)CC1. The summed E-state index contributed by atoms with van der Waals surface area (Å²) in [5.74, 6) is -0.0208. The van der Waals surface area contributed by atoms with Crippen molar-refractivity contribution in [3.05, 3.63) is 72.1 Å². The summed E-state index contributed by atoms with van der Waals surface area (Å²) in [6.45, 7) is 10.8. The zero-order chi connectivity index (χ0) is 37.9. The van der Waals surface area contributed by atoms with Crippen LogP contribution in [0.25, 0.3) is 16.6 Å². The molecule has 292 valence electrons. The number of aliphatic hydroxyl groups excluding tert-OH is 1. The van der Waals surface area contributed by atoms with Gasteiger partial charge in [-0.05, 0) is 83.2 Å². The second kappa shape index (κ2) is 18.9. The van der Waals surface area contributed by atoms with Gasteiger partial charge in [0.15, 0.2) is 6.29 Å². The molecule has 2 atom stereocenters. The Morgan fingerprint density at radius 2 is 1.80 bits per heavy atom. The second-order valence-electron chi connectivity index (χ2n) is 14.5. The fourth-order valence-electron chi connectivity index (χ4n) is 6.31. The normalized spacial score (nSPS) is 18.8. The number of amides is 1. The lowest BCUT2D eigenvalue weighted by atomic mass is 10.0. The largest absolute Gasteiger partial charge is 0.444 e. The molecule has 3 N–H and O–H groups in total. The molecule has 6 heterocycles. The number of hydrogen-bond donors (Lipinski definition) is 3. The number of ether oxygens (including phenoxy) is 5. The number of anilines is 2. The smallest absolute Gasteiger partial charge is 0.410 e. The lowest BCUT2D eigenvalue weighted by Crippen LogP contribution is -2.48. The molecule has 2 unspecified atom stereocenters. The summed E-state index contributed by atoms with van der Waals surface area (Å²) >= 11 is 0. The molecule has 7 rings (SSSR count). The third-order valence-corrected chi connectivity index (χ3v) is 9.15. The van der Waals surface area contributed by atoms with E-state index in [0.29, 0.717) is 49.0 Å². The third kappa shape index (κ3) is 11.4. The van der Waals surface area contributed by atoms with E-state index in [2.05, 4.69) is 20.7 Å². The number of nitrogens with one attached hydrogen (secondary N) is 2. The number of hydrogen-bond acceptors (Lipinski definition) is 12. The van der Waals surface area contributed by atoms with Crippen molar-refractivity contribution >= 4 is 28.5 Å². The predicted molar refractivity (Wildman–Crippen MR) is 200 cm³/mol. The van der Waals surface area contributed by atoms with Crippen LogP contribution in [-0.2, 0) is 30.3 Å². The Balaban J connectivity index is 0.000000755. The van der Waals surface area contributed by atoms with E-state index in [1.807, 2.05) is 32.9 Å². The first kappa shape index (κ1) is 39.4. The maximum atomic E-state index is 15.1. The van der Waals surface area contributed by atoms with Crippen LogP contribution in [0.3, 0.4) is 0 Å². The highest BCUT2D eigenvalue weighted by molar-refractivity contribution is 5.81. The van der Waals surface area contributed by atoms with Crippen molar-refractivity contribution in [3.63, 3.8) is 0 Å². The van der Waals surface area contributed by atoms with Gasteiger partial charge < -0.3 is 44.3 Å². The lowest BCUT2D eigenvalue weighted by Gasteiger charge is -2.35. The zero-order valence-electron chi connectivity index (χ0n) is 31.3. The molecule has 3 fully saturated rings. The molecule has 4 aromatic rings. The minimum absolute atomic E-state index is 0.152. The molecule has 3 saturated heterocycles. The summed E-state index contributed by atoms with van der Waals surface area (Å²) in [6, 6.07) is 12.1. The molecule has 3 aliphatic heterocycles. The van der Waals surface area contributed by atoms with Crippen LogP contribution in [0.4, 0.5) is 20.7 Å². The maximum Gasteiger partial charge on any atom is 0.410 e. The van der Waals surface area contributed by atoms with E-state index in [4.69, 9.17) is 28.7 Å². The molecule has 0 spiro atoms. The summed E-state index contributed by atoms with van der Waals surface area (Å²) in [4.78, 5) is 23.9. The van der Waals surface area contributed by atoms with E-state index in [1.54, 1.807) is 41.6 Å². The summed E-state index contributed by atoms with van der Waals surface area (Å²) in [5.41, 5.74) is 2.27. The molecular weight excluding hydrogens is 697 g/mol. The third-order valence-electron chi connectivity index (χ3n) is 9.15. The number of carbonyl (C=O) groups excluding carboxylic acids is 1. The van der Waals surface area contributed by atoms with Crippen molar-refractivity contribution in [2.45, 2.75) is 83.5 Å². The predicted octanol–water partition coefficient (Wildman–Crippen LogP) is 5.80. The Morgan fingerprint density at radius 1 is 1.02 bits per heavy atom. The monoisotopic (exact) mass is 749 g/mol. The first-order valence-electron chi connectivity index (χ1n) is 18.8. The van der Waals surface area contributed by atoms with Gasteiger partial charge in [-0.25, -0.2) is 18.9 Å². The van der Waals surface area contributed by atoms with Crippen molar-refractivity contribution in [2.75, 3.05) is 58.0 Å². The molecule has 3 aromatic heterocycles. The number of halogens is 1. The van der Waals surface area contributed by atoms with Crippen LogP contribution < -0.4 is 10.6 Å². The average molecular weight is 750 g/mol. The summed E-state index contributed by atoms with van der Waals surface area (Å²) in [6.07, 6.45) is 7.36. The standard InChI is InChI=1S/C35H44FN7O5.C4H8O2/c1-35(2,3)48-34(45)42-14-11-24(12-15-42)38-31(22-47-33-6-4-5-17-46-33)29-9-7-23-20-37-32(19-30(23)39-29)40-28-10-8-26(18-27(28)36)43-16-13-25(21-44)41-43;1-2-6-4-3-5-1/h7-10,13,16,18-20,24,31,33,38,44H,4-6,11-12,14-15,17,21-22H2,1-3H3,(H,37,40);1-4H2. The topological polar surface area (TPSA) is 154 Å². The molecular formula is C39H52FN7O7. The number of fused-ring (bicyclic) bond motifs is 1. The molecule has 54 heavy (non-hydrogen) atoms. The minimum atomic E-state index is -0.534. The fraction of sp³-hybridized carbons (Fsp3) is 0.538. The number of aliphatic hydroxyl groups is 1. The van der Waals surface area contributed by atoms with Crippen LogP contribution in [-0.4, -0.2) is 107 Å². The molecule has 0 saturated carbocycles. The number of rotatable bonds is 10. The van der Waals surface area contributed by atoms with Crippen LogP contribution in [0.2, 0.25) is 0 Å². The van der Waals surface area contributed by atoms with E-state index < -0.39 is 11.4 Å². The second-order valence-corrected chi connectivity index (χ2v) is 14.5. The minimum Gasteiger partial charge on any atom is -0.444 e. The first-order valence-corrected chi connectivity index (χ1v) is 18.8. The molecule has 1 aromatic carbocycles. The summed E-state index contributed by atoms with van der Waals surface area (Å²) < 4.78 is 44.2. The van der Waals surface area contributed by atoms with Gasteiger partial charge in [-0.15, -0.1) is 0 Å². The van der Waals surface area contributed by atoms with Gasteiger partial charge >= 0.3 is 6.09 Å². The molecule has 14 nitrogen and oxygen atoms in total. The number of benzene rings is 1. The van der Waals surface area contributed by atoms with Gasteiger partial charge in [0.05, 0.1) is 74.0 Å². The lowest BCUT2D eigenvalue weighted by molar-refractivity contribution is -0.166. The molecule has 0 bridgehead atoms. The number of aromatic nitrogens is 4. The Hall–Kier alpha value is -4.25. The van der Waals surface area contributed by atoms with Gasteiger partial charge in [-0.2, -0.15) is 5.10 Å². The number of nitrogens with zero attached hydrogens (tertiary/aromatic N) is 5. The Bertz CT molecular complexity index is 1790. The highest BCUT2D eigenvalue weighted by Gasteiger charge is 2.29. The van der Waals surface area contributed by atoms with Crippen LogP contribution in [0.15, 0.2) is 54.9 Å². The maximum absolute atomic E-state index is 15.1. The van der Waals surface area contributed by atoms with E-state index in [-0.39, 0.29) is 36.8 Å². The molecule has 0 aliphatic carbocycles. The van der Waals surface area contributed by atoms with Gasteiger partial charge in [-0.3, -0.25) is 4.98 Å². The van der Waals surface area contributed by atoms with Crippen LogP contribution >= 0.6 is 0 Å². The van der Waals surface area contributed by atoms with Crippen LogP contribution in [0.5, 0.6) is 0 Å². The fourth-order valence-corrected chi connectivity index (χ4v) is 6.31. The number of pyridine rings is 2. The van der Waals surface area contributed by atoms with Crippen LogP contribution in [0.1, 0.15) is 70.3 Å². The van der Waals surface area contributed by atoms with Gasteiger partial charge in [0.1, 0.15) is 17.2 Å². The average Bonchev–Trinajstić information content (AvgIpc) is 3.68. The van der Waals surface area contributed by atoms with Crippen molar-refractivity contribution in [2.24, 2.45) is 0 Å². The summed E-state index contributed by atoms with van der Waals surface area (Å²) in [5, 5.41) is 21.2. The van der Waals surface area contributed by atoms with Crippen molar-refractivity contribution in [1.82, 2.24) is 30.0 Å². The number of piperidine rings is 1.